The Hall–Kier alpha value is -2.47. The third-order valence-electron chi connectivity index (χ3n) is 3.40. The maximum absolute atomic E-state index is 12.2. The van der Waals surface area contributed by atoms with Crippen molar-refractivity contribution in [1.29, 1.82) is 0 Å². The Morgan fingerprint density at radius 2 is 2.14 bits per heavy atom. The molecule has 112 valence electrons. The largest absolute Gasteiger partial charge is 0.347 e. The molecule has 0 aliphatic rings. The Kier molecular flexibility index (Phi) is 4.02. The Morgan fingerprint density at radius 3 is 2.91 bits per heavy atom. The van der Waals surface area contributed by atoms with Crippen LogP contribution in [-0.2, 0) is 11.3 Å². The summed E-state index contributed by atoms with van der Waals surface area (Å²) in [6, 6.07) is 11.1. The van der Waals surface area contributed by atoms with Crippen LogP contribution in [0.25, 0.3) is 11.0 Å². The summed E-state index contributed by atoms with van der Waals surface area (Å²) < 4.78 is 1.44. The Morgan fingerprint density at radius 1 is 1.32 bits per heavy atom. The predicted molar refractivity (Wildman–Crippen MR) is 86.9 cm³/mol. The van der Waals surface area contributed by atoms with Gasteiger partial charge in [0.15, 0.2) is 0 Å². The van der Waals surface area contributed by atoms with E-state index in [9.17, 15) is 9.59 Å². The van der Waals surface area contributed by atoms with Crippen LogP contribution in [0, 0.1) is 0 Å². The van der Waals surface area contributed by atoms with E-state index in [1.165, 1.54) is 10.8 Å². The molecule has 2 aromatic heterocycles. The second-order valence-electron chi connectivity index (χ2n) is 4.98. The summed E-state index contributed by atoms with van der Waals surface area (Å²) in [5.74, 6) is -0.195. The molecule has 6 heteroatoms. The molecular formula is C16H15N3O2S. The molecule has 1 atom stereocenters. The summed E-state index contributed by atoms with van der Waals surface area (Å²) in [5, 5.41) is 4.89. The molecule has 0 saturated carbocycles. The van der Waals surface area contributed by atoms with Crippen LogP contribution in [0.5, 0.6) is 0 Å². The number of thiophene rings is 1. The summed E-state index contributed by atoms with van der Waals surface area (Å²) >= 11 is 1.59. The van der Waals surface area contributed by atoms with Crippen molar-refractivity contribution < 1.29 is 4.79 Å². The van der Waals surface area contributed by atoms with Crippen LogP contribution in [0.1, 0.15) is 17.8 Å². The summed E-state index contributed by atoms with van der Waals surface area (Å²) in [7, 11) is 0. The highest BCUT2D eigenvalue weighted by atomic mass is 32.1. The highest BCUT2D eigenvalue weighted by Crippen LogP contribution is 2.18. The first kappa shape index (κ1) is 14.5. The van der Waals surface area contributed by atoms with Crippen LogP contribution in [0.15, 0.2) is 52.8 Å². The number of fused-ring (bicyclic) bond motifs is 1. The fourth-order valence-corrected chi connectivity index (χ4v) is 3.05. The molecule has 1 aromatic carbocycles. The lowest BCUT2D eigenvalue weighted by atomic mass is 10.2. The van der Waals surface area contributed by atoms with E-state index in [1.54, 1.807) is 17.4 Å². The number of aromatic nitrogens is 2. The van der Waals surface area contributed by atoms with Crippen molar-refractivity contribution in [3.8, 4) is 0 Å². The van der Waals surface area contributed by atoms with Gasteiger partial charge in [0.05, 0.1) is 23.3 Å². The van der Waals surface area contributed by atoms with E-state index >= 15 is 0 Å². The van der Waals surface area contributed by atoms with Gasteiger partial charge in [-0.05, 0) is 30.5 Å². The number of rotatable bonds is 4. The lowest BCUT2D eigenvalue weighted by Gasteiger charge is -2.14. The summed E-state index contributed by atoms with van der Waals surface area (Å²) in [5.41, 5.74) is 1.08. The van der Waals surface area contributed by atoms with Crippen molar-refractivity contribution in [2.24, 2.45) is 0 Å². The molecule has 3 rings (SSSR count). The predicted octanol–water partition coefficient (Wildman–Crippen LogP) is 2.34. The van der Waals surface area contributed by atoms with Crippen LogP contribution < -0.4 is 10.9 Å². The number of carbonyl (C=O) groups is 1. The number of para-hydroxylation sites is 2. The lowest BCUT2D eigenvalue weighted by Crippen LogP contribution is -2.33. The number of hydrogen-bond donors (Lipinski definition) is 1. The first-order valence-electron chi connectivity index (χ1n) is 6.92. The van der Waals surface area contributed by atoms with Crippen LogP contribution in [-0.4, -0.2) is 15.5 Å². The Bertz CT molecular complexity index is 855. The van der Waals surface area contributed by atoms with Crippen LogP contribution in [0.4, 0.5) is 0 Å². The third-order valence-corrected chi connectivity index (χ3v) is 4.46. The van der Waals surface area contributed by atoms with E-state index in [-0.39, 0.29) is 24.1 Å². The minimum absolute atomic E-state index is 0.0163. The SMILES string of the molecule is C[C@@H](NC(=O)Cn1c(=O)cnc2ccccc21)c1cccs1. The smallest absolute Gasteiger partial charge is 0.269 e. The molecular weight excluding hydrogens is 298 g/mol. The van der Waals surface area contributed by atoms with E-state index in [1.807, 2.05) is 42.6 Å². The first-order chi connectivity index (χ1) is 10.6. The Balaban J connectivity index is 1.82. The zero-order chi connectivity index (χ0) is 15.5. The molecule has 0 bridgehead atoms. The van der Waals surface area contributed by atoms with E-state index < -0.39 is 0 Å². The number of carbonyl (C=O) groups excluding carboxylic acids is 1. The number of amides is 1. The molecule has 0 unspecified atom stereocenters. The number of nitrogens with one attached hydrogen (secondary N) is 1. The zero-order valence-corrected chi connectivity index (χ0v) is 12.8. The maximum Gasteiger partial charge on any atom is 0.269 e. The van der Waals surface area contributed by atoms with Gasteiger partial charge in [0.2, 0.25) is 5.91 Å². The average Bonchev–Trinajstić information content (AvgIpc) is 3.04. The van der Waals surface area contributed by atoms with Crippen molar-refractivity contribution in [2.45, 2.75) is 19.5 Å². The van der Waals surface area contributed by atoms with Crippen molar-refractivity contribution >= 4 is 28.3 Å². The van der Waals surface area contributed by atoms with E-state index in [2.05, 4.69) is 10.3 Å². The number of hydrogen-bond acceptors (Lipinski definition) is 4. The van der Waals surface area contributed by atoms with Gasteiger partial charge in [-0.1, -0.05) is 18.2 Å². The molecule has 1 N–H and O–H groups in total. The maximum atomic E-state index is 12.2. The fourth-order valence-electron chi connectivity index (χ4n) is 2.32. The second kappa shape index (κ2) is 6.11. The third kappa shape index (κ3) is 2.92. The molecule has 1 amide bonds. The Labute approximate surface area is 131 Å². The standard InChI is InChI=1S/C16H15N3O2S/c1-11(14-7-4-8-22-14)18-15(20)10-19-13-6-3-2-5-12(13)17-9-16(19)21/h2-9,11H,10H2,1H3,(H,18,20)/t11-/m1/s1. The molecule has 22 heavy (non-hydrogen) atoms. The van der Waals surface area contributed by atoms with E-state index in [0.717, 1.165) is 4.88 Å². The molecule has 5 nitrogen and oxygen atoms in total. The minimum atomic E-state index is -0.280. The molecule has 2 heterocycles. The van der Waals surface area contributed by atoms with Crippen molar-refractivity contribution in [2.75, 3.05) is 0 Å². The van der Waals surface area contributed by atoms with Gasteiger partial charge in [-0.2, -0.15) is 0 Å². The summed E-state index contributed by atoms with van der Waals surface area (Å²) in [6.07, 6.45) is 1.25. The van der Waals surface area contributed by atoms with Gasteiger partial charge < -0.3 is 5.32 Å². The topological polar surface area (TPSA) is 64.0 Å². The van der Waals surface area contributed by atoms with E-state index in [4.69, 9.17) is 0 Å². The highest BCUT2D eigenvalue weighted by Gasteiger charge is 2.13. The monoisotopic (exact) mass is 313 g/mol. The lowest BCUT2D eigenvalue weighted by molar-refractivity contribution is -0.122. The normalized spacial score (nSPS) is 12.2. The van der Waals surface area contributed by atoms with Gasteiger partial charge in [0.1, 0.15) is 6.54 Å². The summed E-state index contributed by atoms with van der Waals surface area (Å²) in [4.78, 5) is 29.4. The van der Waals surface area contributed by atoms with Gasteiger partial charge >= 0.3 is 0 Å². The van der Waals surface area contributed by atoms with Gasteiger partial charge in [-0.25, -0.2) is 4.98 Å². The van der Waals surface area contributed by atoms with Crippen LogP contribution in [0.3, 0.4) is 0 Å². The van der Waals surface area contributed by atoms with Crippen molar-refractivity contribution in [3.63, 3.8) is 0 Å². The average molecular weight is 313 g/mol. The quantitative estimate of drug-likeness (QED) is 0.804. The molecule has 0 aliphatic heterocycles. The molecule has 0 saturated heterocycles. The van der Waals surface area contributed by atoms with Gasteiger partial charge in [0, 0.05) is 4.88 Å². The molecule has 0 fully saturated rings. The number of benzene rings is 1. The molecule has 0 aliphatic carbocycles. The van der Waals surface area contributed by atoms with E-state index in [0.29, 0.717) is 11.0 Å². The van der Waals surface area contributed by atoms with Gasteiger partial charge in [-0.3, -0.25) is 14.2 Å². The summed E-state index contributed by atoms with van der Waals surface area (Å²) in [6.45, 7) is 1.91. The van der Waals surface area contributed by atoms with Gasteiger partial charge in [0.25, 0.3) is 5.56 Å². The van der Waals surface area contributed by atoms with Crippen molar-refractivity contribution in [3.05, 3.63) is 63.2 Å². The number of nitrogens with zero attached hydrogens (tertiary/aromatic N) is 2. The highest BCUT2D eigenvalue weighted by molar-refractivity contribution is 7.10. The molecule has 3 aromatic rings. The molecule has 0 radical (unpaired) electrons. The fraction of sp³-hybridized carbons (Fsp3) is 0.188. The van der Waals surface area contributed by atoms with Crippen LogP contribution in [0.2, 0.25) is 0 Å². The molecule has 0 spiro atoms. The van der Waals surface area contributed by atoms with Crippen LogP contribution >= 0.6 is 11.3 Å². The zero-order valence-electron chi connectivity index (χ0n) is 12.0. The first-order valence-corrected chi connectivity index (χ1v) is 7.80. The van der Waals surface area contributed by atoms with Crippen molar-refractivity contribution in [1.82, 2.24) is 14.9 Å². The minimum Gasteiger partial charge on any atom is -0.347 e. The second-order valence-corrected chi connectivity index (χ2v) is 5.96. The van der Waals surface area contributed by atoms with Gasteiger partial charge in [-0.15, -0.1) is 11.3 Å².